The van der Waals surface area contributed by atoms with Crippen LogP contribution in [0.25, 0.3) is 0 Å². The van der Waals surface area contributed by atoms with Gasteiger partial charge >= 0.3 is 17.8 Å². The lowest BCUT2D eigenvalue weighted by atomic mass is 10.1. The number of hydrazine groups is 1. The van der Waals surface area contributed by atoms with Crippen molar-refractivity contribution in [3.63, 3.8) is 0 Å². The number of amides is 5. The summed E-state index contributed by atoms with van der Waals surface area (Å²) in [5.74, 6) is 2.84. The van der Waals surface area contributed by atoms with Gasteiger partial charge in [-0.15, -0.1) is 0 Å². The van der Waals surface area contributed by atoms with E-state index in [2.05, 4.69) is 0 Å². The Balaban J connectivity index is 2.15. The molecule has 1 fully saturated rings. The van der Waals surface area contributed by atoms with Gasteiger partial charge in [-0.25, -0.2) is 10.6 Å². The molecule has 2 rings (SSSR count). The van der Waals surface area contributed by atoms with E-state index in [9.17, 15) is 19.2 Å². The third-order valence-electron chi connectivity index (χ3n) is 2.94. The molecule has 0 aromatic heterocycles. The van der Waals surface area contributed by atoms with Crippen LogP contribution in [0, 0.1) is 0 Å². The predicted molar refractivity (Wildman–Crippen MR) is 66.8 cm³/mol. The molecule has 1 aromatic carbocycles. The number of nitrogens with one attached hydrogen (secondary N) is 1. The predicted octanol–water partition coefficient (Wildman–Crippen LogP) is -0.789. The summed E-state index contributed by atoms with van der Waals surface area (Å²) in [6.45, 7) is -0.0295. The van der Waals surface area contributed by atoms with Crippen LogP contribution in [0.3, 0.4) is 0 Å². The molecule has 20 heavy (non-hydrogen) atoms. The quantitative estimate of drug-likeness (QED) is 0.247. The molecule has 0 saturated carbocycles. The van der Waals surface area contributed by atoms with Crippen molar-refractivity contribution in [2.24, 2.45) is 5.84 Å². The van der Waals surface area contributed by atoms with Crippen molar-refractivity contribution in [3.8, 4) is 0 Å². The number of likely N-dealkylation sites (N-methyl/N-ethyl adjacent to an activating group) is 1. The number of imide groups is 2. The maximum Gasteiger partial charge on any atom is 0.334 e. The second-order valence-electron chi connectivity index (χ2n) is 4.21. The Morgan fingerprint density at radius 1 is 1.15 bits per heavy atom. The number of carbonyl (C=O) groups excluding carboxylic acids is 4. The molecule has 3 N–H and O–H groups in total. The minimum Gasteiger partial charge on any atom is -0.290 e. The number of hydrogen-bond donors (Lipinski definition) is 2. The second-order valence-corrected chi connectivity index (χ2v) is 4.21. The average Bonchev–Trinajstić information content (AvgIpc) is 2.65. The van der Waals surface area contributed by atoms with Crippen molar-refractivity contribution in [3.05, 3.63) is 35.4 Å². The lowest BCUT2D eigenvalue weighted by molar-refractivity contribution is -0.143. The lowest BCUT2D eigenvalue weighted by Crippen LogP contribution is -2.31. The Morgan fingerprint density at radius 2 is 1.75 bits per heavy atom. The highest BCUT2D eigenvalue weighted by molar-refractivity contribution is 6.44. The molecule has 8 nitrogen and oxygen atoms in total. The first-order valence-electron chi connectivity index (χ1n) is 5.69. The Kier molecular flexibility index (Phi) is 3.49. The van der Waals surface area contributed by atoms with Gasteiger partial charge in [-0.2, -0.15) is 0 Å². The maximum atomic E-state index is 11.7. The molecule has 1 aliphatic rings. The molecule has 104 valence electrons. The van der Waals surface area contributed by atoms with Gasteiger partial charge in [-0.05, 0) is 17.7 Å². The first-order chi connectivity index (χ1) is 9.45. The van der Waals surface area contributed by atoms with E-state index in [1.54, 1.807) is 12.1 Å². The van der Waals surface area contributed by atoms with Crippen molar-refractivity contribution in [1.29, 1.82) is 0 Å². The first kappa shape index (κ1) is 13.7. The van der Waals surface area contributed by atoms with E-state index < -0.39 is 23.8 Å². The highest BCUT2D eigenvalue weighted by Gasteiger charge is 2.41. The molecule has 1 heterocycles. The summed E-state index contributed by atoms with van der Waals surface area (Å²) >= 11 is 0. The number of nitrogen functional groups attached to an aromatic ring is 1. The highest BCUT2D eigenvalue weighted by atomic mass is 16.2. The molecule has 0 unspecified atom stereocenters. The molecule has 1 saturated heterocycles. The Bertz CT molecular complexity index is 596. The van der Waals surface area contributed by atoms with Crippen LogP contribution in [0.2, 0.25) is 0 Å². The maximum absolute atomic E-state index is 11.7. The number of rotatable bonds is 3. The third-order valence-corrected chi connectivity index (χ3v) is 2.94. The molecule has 0 spiro atoms. The molecule has 0 radical (unpaired) electrons. The standard InChI is InChI=1S/C12H12N4O4/c1-15-10(18)11(19)16(12(15)20)6-7-2-4-8(5-3-7)9(17)14-13/h2-5H,6,13H2,1H3,(H,14,17). The smallest absolute Gasteiger partial charge is 0.290 e. The van der Waals surface area contributed by atoms with Gasteiger partial charge in [-0.3, -0.25) is 29.6 Å². The topological polar surface area (TPSA) is 113 Å². The molecule has 5 amide bonds. The van der Waals surface area contributed by atoms with Gasteiger partial charge < -0.3 is 0 Å². The van der Waals surface area contributed by atoms with Gasteiger partial charge in [0.2, 0.25) is 0 Å². The van der Waals surface area contributed by atoms with E-state index in [1.807, 2.05) is 5.43 Å². The van der Waals surface area contributed by atoms with Crippen molar-refractivity contribution in [2.75, 3.05) is 7.05 Å². The largest absolute Gasteiger partial charge is 0.334 e. The molecular weight excluding hydrogens is 264 g/mol. The van der Waals surface area contributed by atoms with E-state index in [0.717, 1.165) is 9.80 Å². The Hall–Kier alpha value is -2.74. The molecule has 0 aliphatic carbocycles. The number of carbonyl (C=O) groups is 4. The Morgan fingerprint density at radius 3 is 2.20 bits per heavy atom. The van der Waals surface area contributed by atoms with Crippen LogP contribution >= 0.6 is 0 Å². The number of hydrogen-bond acceptors (Lipinski definition) is 5. The van der Waals surface area contributed by atoms with Crippen LogP contribution in [-0.2, 0) is 16.1 Å². The van der Waals surface area contributed by atoms with Crippen molar-refractivity contribution in [1.82, 2.24) is 15.2 Å². The number of benzene rings is 1. The van der Waals surface area contributed by atoms with Crippen LogP contribution in [0.4, 0.5) is 4.79 Å². The lowest BCUT2D eigenvalue weighted by Gasteiger charge is -2.13. The first-order valence-corrected chi connectivity index (χ1v) is 5.69. The van der Waals surface area contributed by atoms with Crippen LogP contribution in [0.1, 0.15) is 15.9 Å². The summed E-state index contributed by atoms with van der Waals surface area (Å²) in [6.07, 6.45) is 0. The zero-order chi connectivity index (χ0) is 14.9. The van der Waals surface area contributed by atoms with E-state index in [-0.39, 0.29) is 6.54 Å². The van der Waals surface area contributed by atoms with Gasteiger partial charge in [-0.1, -0.05) is 12.1 Å². The zero-order valence-corrected chi connectivity index (χ0v) is 10.6. The van der Waals surface area contributed by atoms with Crippen LogP contribution in [-0.4, -0.2) is 40.6 Å². The fraction of sp³-hybridized carbons (Fsp3) is 0.167. The van der Waals surface area contributed by atoms with Crippen molar-refractivity contribution >= 4 is 23.8 Å². The summed E-state index contributed by atoms with van der Waals surface area (Å²) < 4.78 is 0. The highest BCUT2D eigenvalue weighted by Crippen LogP contribution is 2.14. The Labute approximate surface area is 114 Å². The fourth-order valence-corrected chi connectivity index (χ4v) is 1.78. The molecule has 0 bridgehead atoms. The van der Waals surface area contributed by atoms with Crippen LogP contribution < -0.4 is 11.3 Å². The molecule has 1 aromatic rings. The molecule has 1 aliphatic heterocycles. The van der Waals surface area contributed by atoms with Gasteiger partial charge in [0.25, 0.3) is 5.91 Å². The average molecular weight is 276 g/mol. The SMILES string of the molecule is CN1C(=O)C(=O)N(Cc2ccc(C(=O)NN)cc2)C1=O. The van der Waals surface area contributed by atoms with Crippen LogP contribution in [0.15, 0.2) is 24.3 Å². The normalized spacial score (nSPS) is 15.0. The number of nitrogens with zero attached hydrogens (tertiary/aromatic N) is 2. The van der Waals surface area contributed by atoms with E-state index in [1.165, 1.54) is 19.2 Å². The fourth-order valence-electron chi connectivity index (χ4n) is 1.78. The van der Waals surface area contributed by atoms with Crippen molar-refractivity contribution in [2.45, 2.75) is 6.54 Å². The number of nitrogens with two attached hydrogens (primary N) is 1. The van der Waals surface area contributed by atoms with Gasteiger partial charge in [0.1, 0.15) is 0 Å². The summed E-state index contributed by atoms with van der Waals surface area (Å²) in [5, 5.41) is 0. The summed E-state index contributed by atoms with van der Waals surface area (Å²) in [4.78, 5) is 47.5. The minimum atomic E-state index is -0.860. The monoisotopic (exact) mass is 276 g/mol. The molecular formula is C12H12N4O4. The van der Waals surface area contributed by atoms with Crippen LogP contribution in [0.5, 0.6) is 0 Å². The zero-order valence-electron chi connectivity index (χ0n) is 10.6. The van der Waals surface area contributed by atoms with Gasteiger partial charge in [0.05, 0.1) is 6.54 Å². The van der Waals surface area contributed by atoms with E-state index in [4.69, 9.17) is 5.84 Å². The summed E-state index contributed by atoms with van der Waals surface area (Å²) in [6, 6.07) is 5.51. The third kappa shape index (κ3) is 2.24. The second kappa shape index (κ2) is 5.10. The summed E-state index contributed by atoms with van der Waals surface area (Å²) in [7, 11) is 1.25. The number of urea groups is 1. The molecule has 0 atom stereocenters. The van der Waals surface area contributed by atoms with E-state index >= 15 is 0 Å². The van der Waals surface area contributed by atoms with Gasteiger partial charge in [0, 0.05) is 12.6 Å². The van der Waals surface area contributed by atoms with E-state index in [0.29, 0.717) is 11.1 Å². The minimum absolute atomic E-state index is 0.0295. The molecule has 8 heteroatoms. The van der Waals surface area contributed by atoms with Gasteiger partial charge in [0.15, 0.2) is 0 Å². The van der Waals surface area contributed by atoms with Crippen molar-refractivity contribution < 1.29 is 19.2 Å². The summed E-state index contributed by atoms with van der Waals surface area (Å²) in [5.41, 5.74) is 2.96.